The summed E-state index contributed by atoms with van der Waals surface area (Å²) in [7, 11) is 0. The summed E-state index contributed by atoms with van der Waals surface area (Å²) in [5.74, 6) is 0.279. The van der Waals surface area contributed by atoms with Gasteiger partial charge in [0.25, 0.3) is 0 Å². The van der Waals surface area contributed by atoms with E-state index in [2.05, 4.69) is 15.8 Å². The normalized spacial score (nSPS) is 19.5. The molecule has 0 bridgehead atoms. The number of urea groups is 1. The average Bonchev–Trinajstić information content (AvgIpc) is 3.15. The molecule has 1 heterocycles. The second-order valence-electron chi connectivity index (χ2n) is 5.71. The van der Waals surface area contributed by atoms with E-state index < -0.39 is 0 Å². The maximum absolute atomic E-state index is 13.8. The Morgan fingerprint density at radius 1 is 1.48 bits per heavy atom. The zero-order valence-electron chi connectivity index (χ0n) is 12.8. The summed E-state index contributed by atoms with van der Waals surface area (Å²) in [6.45, 7) is 3.96. The van der Waals surface area contributed by atoms with Gasteiger partial charge in [0.05, 0.1) is 5.69 Å². The first-order valence-corrected chi connectivity index (χ1v) is 7.75. The van der Waals surface area contributed by atoms with Gasteiger partial charge < -0.3 is 15.2 Å². The minimum atomic E-state index is -0.331. The average molecular weight is 338 g/mol. The zero-order chi connectivity index (χ0) is 16.6. The molecule has 0 radical (unpaired) electrons. The minimum absolute atomic E-state index is 0.0754. The molecule has 2 amide bonds. The molecule has 1 fully saturated rings. The SMILES string of the molecule is Cc1noc(C)c1CNC(=O)N[C@@H]1C[C@H]1c1c(F)cccc1Cl. The first-order valence-electron chi connectivity index (χ1n) is 7.37. The van der Waals surface area contributed by atoms with Crippen LogP contribution in [0.4, 0.5) is 9.18 Å². The number of aryl methyl sites for hydroxylation is 2. The van der Waals surface area contributed by atoms with Crippen molar-refractivity contribution in [3.8, 4) is 0 Å². The van der Waals surface area contributed by atoms with Crippen LogP contribution in [0.2, 0.25) is 5.02 Å². The second-order valence-corrected chi connectivity index (χ2v) is 6.12. The molecular weight excluding hydrogens is 321 g/mol. The predicted molar refractivity (Wildman–Crippen MR) is 83.9 cm³/mol. The van der Waals surface area contributed by atoms with Crippen molar-refractivity contribution in [2.75, 3.05) is 0 Å². The van der Waals surface area contributed by atoms with Gasteiger partial charge in [-0.1, -0.05) is 22.8 Å². The summed E-state index contributed by atoms with van der Waals surface area (Å²) in [5, 5.41) is 9.83. The van der Waals surface area contributed by atoms with Crippen LogP contribution in [0.3, 0.4) is 0 Å². The Morgan fingerprint density at radius 2 is 2.26 bits per heavy atom. The summed E-state index contributed by atoms with van der Waals surface area (Å²) in [4.78, 5) is 12.0. The summed E-state index contributed by atoms with van der Waals surface area (Å²) in [6, 6.07) is 4.21. The Morgan fingerprint density at radius 3 is 2.91 bits per heavy atom. The fraction of sp³-hybridized carbons (Fsp3) is 0.375. The molecule has 1 aromatic carbocycles. The molecule has 1 aliphatic carbocycles. The zero-order valence-corrected chi connectivity index (χ0v) is 13.6. The van der Waals surface area contributed by atoms with Gasteiger partial charge in [-0.2, -0.15) is 0 Å². The molecule has 2 aromatic rings. The quantitative estimate of drug-likeness (QED) is 0.898. The number of aromatic nitrogens is 1. The molecule has 122 valence electrons. The molecule has 7 heteroatoms. The van der Waals surface area contributed by atoms with Gasteiger partial charge in [0.1, 0.15) is 11.6 Å². The van der Waals surface area contributed by atoms with Crippen LogP contribution >= 0.6 is 11.6 Å². The van der Waals surface area contributed by atoms with Crippen molar-refractivity contribution in [1.29, 1.82) is 0 Å². The van der Waals surface area contributed by atoms with E-state index in [1.807, 2.05) is 6.92 Å². The number of halogens is 2. The van der Waals surface area contributed by atoms with E-state index in [9.17, 15) is 9.18 Å². The van der Waals surface area contributed by atoms with Crippen LogP contribution in [0.5, 0.6) is 0 Å². The summed E-state index contributed by atoms with van der Waals surface area (Å²) >= 11 is 6.04. The first-order chi connectivity index (χ1) is 11.0. The maximum Gasteiger partial charge on any atom is 0.315 e. The van der Waals surface area contributed by atoms with E-state index in [-0.39, 0.29) is 23.8 Å². The van der Waals surface area contributed by atoms with Gasteiger partial charge in [0.15, 0.2) is 0 Å². The Bertz CT molecular complexity index is 707. The molecule has 0 aliphatic heterocycles. The summed E-state index contributed by atoms with van der Waals surface area (Å²) in [5.41, 5.74) is 2.10. The highest BCUT2D eigenvalue weighted by Gasteiger charge is 2.42. The number of rotatable bonds is 4. The Labute approximate surface area is 138 Å². The van der Waals surface area contributed by atoms with Crippen LogP contribution in [0.15, 0.2) is 22.7 Å². The fourth-order valence-electron chi connectivity index (χ4n) is 2.68. The van der Waals surface area contributed by atoms with Crippen LogP contribution < -0.4 is 10.6 Å². The molecule has 2 atom stereocenters. The van der Waals surface area contributed by atoms with E-state index in [0.29, 0.717) is 29.3 Å². The van der Waals surface area contributed by atoms with Crippen LogP contribution in [0.25, 0.3) is 0 Å². The molecular formula is C16H17ClFN3O2. The third kappa shape index (κ3) is 3.32. The van der Waals surface area contributed by atoms with Crippen LogP contribution in [-0.2, 0) is 6.54 Å². The Kier molecular flexibility index (Phi) is 4.26. The molecule has 1 aromatic heterocycles. The lowest BCUT2D eigenvalue weighted by atomic mass is 10.1. The number of benzene rings is 1. The molecule has 0 spiro atoms. The highest BCUT2D eigenvalue weighted by molar-refractivity contribution is 6.31. The van der Waals surface area contributed by atoms with E-state index in [1.54, 1.807) is 19.1 Å². The largest absolute Gasteiger partial charge is 0.361 e. The van der Waals surface area contributed by atoms with Crippen LogP contribution in [-0.4, -0.2) is 17.2 Å². The molecule has 1 saturated carbocycles. The topological polar surface area (TPSA) is 67.2 Å². The number of amides is 2. The number of hydrogen-bond acceptors (Lipinski definition) is 3. The van der Waals surface area contributed by atoms with Crippen LogP contribution in [0.1, 0.15) is 34.9 Å². The van der Waals surface area contributed by atoms with Gasteiger partial charge >= 0.3 is 6.03 Å². The standard InChI is InChI=1S/C16H17ClFN3O2/c1-8-11(9(2)23-21-8)7-19-16(22)20-14-6-10(14)15-12(17)4-3-5-13(15)18/h3-5,10,14H,6-7H2,1-2H3,(H2,19,20,22)/t10-,14-/m1/s1. The van der Waals surface area contributed by atoms with Crippen molar-refractivity contribution < 1.29 is 13.7 Å². The molecule has 23 heavy (non-hydrogen) atoms. The Balaban J connectivity index is 1.54. The highest BCUT2D eigenvalue weighted by Crippen LogP contribution is 2.44. The van der Waals surface area contributed by atoms with Gasteiger partial charge in [-0.15, -0.1) is 0 Å². The molecule has 0 saturated heterocycles. The second kappa shape index (κ2) is 6.20. The molecule has 0 unspecified atom stereocenters. The van der Waals surface area contributed by atoms with Gasteiger partial charge in [-0.3, -0.25) is 0 Å². The van der Waals surface area contributed by atoms with Gasteiger partial charge in [0, 0.05) is 34.7 Å². The lowest BCUT2D eigenvalue weighted by Crippen LogP contribution is -2.37. The van der Waals surface area contributed by atoms with Crippen LogP contribution in [0, 0.1) is 19.7 Å². The van der Waals surface area contributed by atoms with Crippen molar-refractivity contribution in [3.63, 3.8) is 0 Å². The smallest absolute Gasteiger partial charge is 0.315 e. The lowest BCUT2D eigenvalue weighted by Gasteiger charge is -2.08. The molecule has 2 N–H and O–H groups in total. The minimum Gasteiger partial charge on any atom is -0.361 e. The van der Waals surface area contributed by atoms with E-state index >= 15 is 0 Å². The lowest BCUT2D eigenvalue weighted by molar-refractivity contribution is 0.240. The number of carbonyl (C=O) groups is 1. The third-order valence-electron chi connectivity index (χ3n) is 4.08. The van der Waals surface area contributed by atoms with E-state index in [4.69, 9.17) is 16.1 Å². The number of hydrogen-bond donors (Lipinski definition) is 2. The third-order valence-corrected chi connectivity index (χ3v) is 4.41. The Hall–Kier alpha value is -2.08. The number of nitrogens with zero attached hydrogens (tertiary/aromatic N) is 1. The summed E-state index contributed by atoms with van der Waals surface area (Å²) in [6.07, 6.45) is 0.680. The van der Waals surface area contributed by atoms with Crippen molar-refractivity contribution in [1.82, 2.24) is 15.8 Å². The first kappa shape index (κ1) is 15.8. The highest BCUT2D eigenvalue weighted by atomic mass is 35.5. The van der Waals surface area contributed by atoms with Crippen molar-refractivity contribution in [2.45, 2.75) is 38.8 Å². The van der Waals surface area contributed by atoms with Crippen molar-refractivity contribution in [3.05, 3.63) is 51.6 Å². The van der Waals surface area contributed by atoms with E-state index in [0.717, 1.165) is 11.3 Å². The van der Waals surface area contributed by atoms with Gasteiger partial charge in [-0.25, -0.2) is 9.18 Å². The van der Waals surface area contributed by atoms with Gasteiger partial charge in [-0.05, 0) is 32.4 Å². The molecule has 1 aliphatic rings. The van der Waals surface area contributed by atoms with Crippen molar-refractivity contribution in [2.24, 2.45) is 0 Å². The fourth-order valence-corrected chi connectivity index (χ4v) is 2.98. The maximum atomic E-state index is 13.8. The predicted octanol–water partition coefficient (Wildman–Crippen LogP) is 3.44. The van der Waals surface area contributed by atoms with Gasteiger partial charge in [0.2, 0.25) is 0 Å². The monoisotopic (exact) mass is 337 g/mol. The number of nitrogens with one attached hydrogen (secondary N) is 2. The number of carbonyl (C=O) groups excluding carboxylic acids is 1. The van der Waals surface area contributed by atoms with E-state index in [1.165, 1.54) is 6.07 Å². The van der Waals surface area contributed by atoms with Crippen molar-refractivity contribution >= 4 is 17.6 Å². The molecule has 3 rings (SSSR count). The molecule has 5 nitrogen and oxygen atoms in total. The summed E-state index contributed by atoms with van der Waals surface area (Å²) < 4.78 is 18.9.